The Kier molecular flexibility index (Phi) is 3.20. The first kappa shape index (κ1) is 14.0. The highest BCUT2D eigenvalue weighted by Gasteiger charge is 2.51. The van der Waals surface area contributed by atoms with Crippen molar-refractivity contribution < 1.29 is 21.6 Å². The van der Waals surface area contributed by atoms with Crippen LogP contribution in [-0.2, 0) is 16.0 Å². The minimum absolute atomic E-state index is 0.128. The third-order valence-electron chi connectivity index (χ3n) is 3.14. The molecule has 1 heterocycles. The molecule has 1 saturated carbocycles. The Bertz CT molecular complexity index is 565. The van der Waals surface area contributed by atoms with E-state index < -0.39 is 26.5 Å². The molecule has 5 nitrogen and oxygen atoms in total. The highest BCUT2D eigenvalue weighted by atomic mass is 32.2. The van der Waals surface area contributed by atoms with Crippen molar-refractivity contribution >= 4 is 15.7 Å². The summed E-state index contributed by atoms with van der Waals surface area (Å²) >= 11 is 0. The van der Waals surface area contributed by atoms with Gasteiger partial charge in [-0.1, -0.05) is 0 Å². The minimum Gasteiger partial charge on any atom is -0.367 e. The molecule has 0 aliphatic heterocycles. The fourth-order valence-corrected chi connectivity index (χ4v) is 2.83. The standard InChI is InChI=1S/C10H12F3N3O2S/c1-19(17,18)9(4-5-9)6-14-8-3-2-7(15-16-8)10(11,12)13/h2-3H,4-6H2,1H3,(H,14,16). The highest BCUT2D eigenvalue weighted by molar-refractivity contribution is 7.92. The van der Waals surface area contributed by atoms with Crippen LogP contribution in [0, 0.1) is 0 Å². The van der Waals surface area contributed by atoms with Crippen LogP contribution in [0.1, 0.15) is 18.5 Å². The first-order valence-electron chi connectivity index (χ1n) is 5.48. The number of alkyl halides is 3. The molecule has 0 atom stereocenters. The first-order chi connectivity index (χ1) is 8.64. The normalized spacial score (nSPS) is 18.1. The third-order valence-corrected chi connectivity index (χ3v) is 5.27. The maximum absolute atomic E-state index is 12.3. The largest absolute Gasteiger partial charge is 0.435 e. The first-order valence-corrected chi connectivity index (χ1v) is 7.38. The quantitative estimate of drug-likeness (QED) is 0.911. The molecular weight excluding hydrogens is 283 g/mol. The van der Waals surface area contributed by atoms with Crippen LogP contribution in [-0.4, -0.2) is 36.2 Å². The summed E-state index contributed by atoms with van der Waals surface area (Å²) in [5.41, 5.74) is -1.08. The summed E-state index contributed by atoms with van der Waals surface area (Å²) < 4.78 is 59.0. The fourth-order valence-electron chi connectivity index (χ4n) is 1.65. The van der Waals surface area contributed by atoms with Gasteiger partial charge in [0.2, 0.25) is 0 Å². The number of aromatic nitrogens is 2. The van der Waals surface area contributed by atoms with Gasteiger partial charge in [0, 0.05) is 12.8 Å². The number of nitrogens with one attached hydrogen (secondary N) is 1. The van der Waals surface area contributed by atoms with Crippen LogP contribution in [0.25, 0.3) is 0 Å². The van der Waals surface area contributed by atoms with E-state index in [2.05, 4.69) is 15.5 Å². The van der Waals surface area contributed by atoms with E-state index in [0.717, 1.165) is 18.4 Å². The number of halogens is 3. The zero-order chi connectivity index (χ0) is 14.3. The van der Waals surface area contributed by atoms with Gasteiger partial charge < -0.3 is 5.32 Å². The molecule has 0 radical (unpaired) electrons. The maximum atomic E-state index is 12.3. The fraction of sp³-hybridized carbons (Fsp3) is 0.600. The van der Waals surface area contributed by atoms with E-state index >= 15 is 0 Å². The zero-order valence-electron chi connectivity index (χ0n) is 10.0. The van der Waals surface area contributed by atoms with Crippen molar-refractivity contribution in [3.63, 3.8) is 0 Å². The van der Waals surface area contributed by atoms with E-state index in [4.69, 9.17) is 0 Å². The minimum atomic E-state index is -4.53. The molecule has 0 saturated heterocycles. The molecule has 1 aliphatic carbocycles. The topological polar surface area (TPSA) is 72.0 Å². The Morgan fingerprint density at radius 2 is 1.95 bits per heavy atom. The molecule has 1 aromatic heterocycles. The average Bonchev–Trinajstić information content (AvgIpc) is 3.06. The van der Waals surface area contributed by atoms with Gasteiger partial charge in [0.05, 0.1) is 4.75 Å². The Morgan fingerprint density at radius 1 is 1.32 bits per heavy atom. The summed E-state index contributed by atoms with van der Waals surface area (Å²) in [5, 5.41) is 9.14. The van der Waals surface area contributed by atoms with E-state index in [0.29, 0.717) is 12.8 Å². The second-order valence-corrected chi connectivity index (χ2v) is 7.02. The summed E-state index contributed by atoms with van der Waals surface area (Å²) in [4.78, 5) is 0. The Hall–Kier alpha value is -1.38. The van der Waals surface area contributed by atoms with Crippen molar-refractivity contribution in [3.8, 4) is 0 Å². The smallest absolute Gasteiger partial charge is 0.367 e. The van der Waals surface area contributed by atoms with E-state index in [1.54, 1.807) is 0 Å². The van der Waals surface area contributed by atoms with Crippen LogP contribution in [0.15, 0.2) is 12.1 Å². The molecule has 0 aromatic carbocycles. The van der Waals surface area contributed by atoms with Crippen LogP contribution >= 0.6 is 0 Å². The van der Waals surface area contributed by atoms with Crippen molar-refractivity contribution in [2.24, 2.45) is 0 Å². The molecular formula is C10H12F3N3O2S. The zero-order valence-corrected chi connectivity index (χ0v) is 10.8. The predicted molar refractivity (Wildman–Crippen MR) is 62.3 cm³/mol. The molecule has 0 spiro atoms. The summed E-state index contributed by atoms with van der Waals surface area (Å²) in [6.07, 6.45) is -2.28. The lowest BCUT2D eigenvalue weighted by molar-refractivity contribution is -0.141. The lowest BCUT2D eigenvalue weighted by Gasteiger charge is -2.14. The molecule has 19 heavy (non-hydrogen) atoms. The number of hydrogen-bond donors (Lipinski definition) is 1. The molecule has 0 bridgehead atoms. The van der Waals surface area contributed by atoms with Crippen LogP contribution in [0.5, 0.6) is 0 Å². The molecule has 0 amide bonds. The molecule has 1 aromatic rings. The van der Waals surface area contributed by atoms with Gasteiger partial charge in [0.25, 0.3) is 0 Å². The van der Waals surface area contributed by atoms with Crippen LogP contribution < -0.4 is 5.32 Å². The van der Waals surface area contributed by atoms with Gasteiger partial charge in [-0.15, -0.1) is 10.2 Å². The lowest BCUT2D eigenvalue weighted by atomic mass is 10.3. The van der Waals surface area contributed by atoms with Gasteiger partial charge >= 0.3 is 6.18 Å². The maximum Gasteiger partial charge on any atom is 0.435 e. The Labute approximate surface area is 108 Å². The lowest BCUT2D eigenvalue weighted by Crippen LogP contribution is -2.30. The van der Waals surface area contributed by atoms with Crippen molar-refractivity contribution in [2.75, 3.05) is 18.1 Å². The van der Waals surface area contributed by atoms with E-state index in [-0.39, 0.29) is 12.4 Å². The second-order valence-electron chi connectivity index (χ2n) is 4.61. The number of hydrogen-bond acceptors (Lipinski definition) is 5. The van der Waals surface area contributed by atoms with Gasteiger partial charge in [-0.25, -0.2) is 8.42 Å². The van der Waals surface area contributed by atoms with Crippen LogP contribution in [0.2, 0.25) is 0 Å². The van der Waals surface area contributed by atoms with Crippen molar-refractivity contribution in [1.29, 1.82) is 0 Å². The van der Waals surface area contributed by atoms with E-state index in [1.165, 1.54) is 0 Å². The predicted octanol–water partition coefficient (Wildman–Crippen LogP) is 1.48. The molecule has 0 unspecified atom stereocenters. The number of anilines is 1. The monoisotopic (exact) mass is 295 g/mol. The van der Waals surface area contributed by atoms with Crippen molar-refractivity contribution in [3.05, 3.63) is 17.8 Å². The van der Waals surface area contributed by atoms with Crippen molar-refractivity contribution in [2.45, 2.75) is 23.8 Å². The summed E-state index contributed by atoms with van der Waals surface area (Å²) in [6, 6.07) is 1.93. The van der Waals surface area contributed by atoms with Gasteiger partial charge in [-0.05, 0) is 25.0 Å². The number of rotatable bonds is 4. The SMILES string of the molecule is CS(=O)(=O)C1(CNc2ccc(C(F)(F)F)nn2)CC1. The molecule has 1 fully saturated rings. The molecule has 9 heteroatoms. The highest BCUT2D eigenvalue weighted by Crippen LogP contribution is 2.43. The van der Waals surface area contributed by atoms with Crippen molar-refractivity contribution in [1.82, 2.24) is 10.2 Å². The Balaban J connectivity index is 2.02. The van der Waals surface area contributed by atoms with Gasteiger partial charge in [0.1, 0.15) is 5.82 Å². The van der Waals surface area contributed by atoms with E-state index in [1.807, 2.05) is 0 Å². The number of sulfone groups is 1. The molecule has 1 N–H and O–H groups in total. The molecule has 1 aliphatic rings. The molecule has 106 valence electrons. The average molecular weight is 295 g/mol. The van der Waals surface area contributed by atoms with Crippen LogP contribution in [0.4, 0.5) is 19.0 Å². The summed E-state index contributed by atoms with van der Waals surface area (Å²) in [7, 11) is -3.18. The van der Waals surface area contributed by atoms with Gasteiger partial charge in [-0.2, -0.15) is 13.2 Å². The molecule has 2 rings (SSSR count). The van der Waals surface area contributed by atoms with Gasteiger partial charge in [0.15, 0.2) is 15.5 Å². The Morgan fingerprint density at radius 3 is 2.32 bits per heavy atom. The third kappa shape index (κ3) is 2.96. The van der Waals surface area contributed by atoms with Crippen LogP contribution in [0.3, 0.4) is 0 Å². The second kappa shape index (κ2) is 4.32. The number of nitrogens with zero attached hydrogens (tertiary/aromatic N) is 2. The summed E-state index contributed by atoms with van der Waals surface area (Å²) in [5.74, 6) is 0.128. The van der Waals surface area contributed by atoms with E-state index in [9.17, 15) is 21.6 Å². The summed E-state index contributed by atoms with van der Waals surface area (Å²) in [6.45, 7) is 0.131. The van der Waals surface area contributed by atoms with Gasteiger partial charge in [-0.3, -0.25) is 0 Å².